The van der Waals surface area contributed by atoms with Gasteiger partial charge in [0.05, 0.1) is 19.2 Å². The number of ether oxygens (including phenoxy) is 3. The highest BCUT2D eigenvalue weighted by Crippen LogP contribution is 2.14. The molecule has 1 amide bonds. The molecule has 1 unspecified atom stereocenters. The summed E-state index contributed by atoms with van der Waals surface area (Å²) < 4.78 is 14.9. The minimum Gasteiger partial charge on any atom is -0.490 e. The van der Waals surface area contributed by atoms with Crippen molar-refractivity contribution in [3.8, 4) is 5.75 Å². The van der Waals surface area contributed by atoms with Crippen molar-refractivity contribution in [1.29, 1.82) is 0 Å². The van der Waals surface area contributed by atoms with Crippen LogP contribution in [0.2, 0.25) is 0 Å². The van der Waals surface area contributed by atoms with E-state index in [0.717, 1.165) is 0 Å². The molecule has 1 N–H and O–H groups in total. The van der Waals surface area contributed by atoms with Crippen LogP contribution in [-0.4, -0.2) is 38.4 Å². The van der Waals surface area contributed by atoms with Crippen molar-refractivity contribution in [2.24, 2.45) is 0 Å². The van der Waals surface area contributed by atoms with Gasteiger partial charge in [-0.1, -0.05) is 0 Å². The lowest BCUT2D eigenvalue weighted by atomic mass is 10.2. The number of carbonyl (C=O) groups is 2. The van der Waals surface area contributed by atoms with Crippen LogP contribution in [0, 0.1) is 0 Å². The number of nitrogens with one attached hydrogen (secondary N) is 1. The molecule has 0 radical (unpaired) electrons. The standard InChI is InChI=1S/C12H13NO5/c1-16-11(14)8-2-4-9(5-3-8)17-7-10-6-13-12(15)18-10/h2-5,10H,6-7H2,1H3,(H,13,15). The van der Waals surface area contributed by atoms with Crippen LogP contribution in [0.3, 0.4) is 0 Å². The Hall–Kier alpha value is -2.24. The molecule has 0 aromatic heterocycles. The summed E-state index contributed by atoms with van der Waals surface area (Å²) in [5.74, 6) is 0.209. The van der Waals surface area contributed by atoms with Crippen LogP contribution in [0.15, 0.2) is 24.3 Å². The lowest BCUT2D eigenvalue weighted by Crippen LogP contribution is -2.21. The topological polar surface area (TPSA) is 73.9 Å². The van der Waals surface area contributed by atoms with Crippen LogP contribution in [0.5, 0.6) is 5.75 Å². The second-order valence-electron chi connectivity index (χ2n) is 3.74. The summed E-state index contributed by atoms with van der Waals surface area (Å²) in [5, 5.41) is 2.54. The summed E-state index contributed by atoms with van der Waals surface area (Å²) in [7, 11) is 1.33. The highest BCUT2D eigenvalue weighted by atomic mass is 16.6. The van der Waals surface area contributed by atoms with Gasteiger partial charge < -0.3 is 19.5 Å². The molecule has 96 valence electrons. The second kappa shape index (κ2) is 5.39. The number of amides is 1. The van der Waals surface area contributed by atoms with Crippen molar-refractivity contribution in [3.63, 3.8) is 0 Å². The Morgan fingerprint density at radius 1 is 1.44 bits per heavy atom. The zero-order chi connectivity index (χ0) is 13.0. The van der Waals surface area contributed by atoms with E-state index in [0.29, 0.717) is 17.9 Å². The molecule has 0 bridgehead atoms. The number of cyclic esters (lactones) is 1. The predicted molar refractivity (Wildman–Crippen MR) is 61.5 cm³/mol. The molecule has 1 atom stereocenters. The molecule has 1 aromatic rings. The van der Waals surface area contributed by atoms with E-state index < -0.39 is 12.1 Å². The van der Waals surface area contributed by atoms with Crippen LogP contribution in [0.1, 0.15) is 10.4 Å². The van der Waals surface area contributed by atoms with Gasteiger partial charge in [0, 0.05) is 0 Å². The Kier molecular flexibility index (Phi) is 3.66. The van der Waals surface area contributed by atoms with E-state index in [9.17, 15) is 9.59 Å². The van der Waals surface area contributed by atoms with Gasteiger partial charge in [-0.2, -0.15) is 0 Å². The molecule has 1 saturated heterocycles. The largest absolute Gasteiger partial charge is 0.490 e. The quantitative estimate of drug-likeness (QED) is 0.807. The molecule has 1 aliphatic heterocycles. The van der Waals surface area contributed by atoms with Gasteiger partial charge in [0.2, 0.25) is 0 Å². The number of alkyl carbamates (subject to hydrolysis) is 1. The number of rotatable bonds is 4. The number of hydrogen-bond donors (Lipinski definition) is 1. The van der Waals surface area contributed by atoms with E-state index in [4.69, 9.17) is 9.47 Å². The van der Waals surface area contributed by atoms with Gasteiger partial charge in [0.25, 0.3) is 0 Å². The number of hydrogen-bond acceptors (Lipinski definition) is 5. The summed E-state index contributed by atoms with van der Waals surface area (Å²) in [4.78, 5) is 22.0. The Labute approximate surface area is 104 Å². The predicted octanol–water partition coefficient (Wildman–Crippen LogP) is 0.960. The maximum atomic E-state index is 11.2. The minimum atomic E-state index is -0.426. The Morgan fingerprint density at radius 3 is 2.72 bits per heavy atom. The van der Waals surface area contributed by atoms with Crippen molar-refractivity contribution >= 4 is 12.1 Å². The number of benzene rings is 1. The van der Waals surface area contributed by atoms with Gasteiger partial charge in [0.15, 0.2) is 6.10 Å². The summed E-state index contributed by atoms with van der Waals surface area (Å²) in [6, 6.07) is 6.55. The molecule has 0 aliphatic carbocycles. The SMILES string of the molecule is COC(=O)c1ccc(OCC2CNC(=O)O2)cc1. The third-order valence-corrected chi connectivity index (χ3v) is 2.46. The Morgan fingerprint density at radius 2 is 2.17 bits per heavy atom. The van der Waals surface area contributed by atoms with Crippen LogP contribution in [0.4, 0.5) is 4.79 Å². The molecule has 1 fully saturated rings. The fraction of sp³-hybridized carbons (Fsp3) is 0.333. The van der Waals surface area contributed by atoms with Crippen LogP contribution >= 0.6 is 0 Å². The molecule has 18 heavy (non-hydrogen) atoms. The van der Waals surface area contributed by atoms with Crippen LogP contribution in [0.25, 0.3) is 0 Å². The van der Waals surface area contributed by atoms with Crippen LogP contribution in [-0.2, 0) is 9.47 Å². The van der Waals surface area contributed by atoms with Gasteiger partial charge in [-0.3, -0.25) is 0 Å². The maximum absolute atomic E-state index is 11.2. The summed E-state index contributed by atoms with van der Waals surface area (Å²) in [5.41, 5.74) is 0.457. The first kappa shape index (κ1) is 12.2. The third-order valence-electron chi connectivity index (χ3n) is 2.46. The van der Waals surface area contributed by atoms with Crippen molar-refractivity contribution in [2.75, 3.05) is 20.3 Å². The van der Waals surface area contributed by atoms with Gasteiger partial charge in [0.1, 0.15) is 12.4 Å². The molecular weight excluding hydrogens is 238 g/mol. The highest BCUT2D eigenvalue weighted by Gasteiger charge is 2.22. The minimum absolute atomic E-state index is 0.274. The second-order valence-corrected chi connectivity index (χ2v) is 3.74. The van der Waals surface area contributed by atoms with Crippen molar-refractivity contribution < 1.29 is 23.8 Å². The summed E-state index contributed by atoms with van der Waals surface area (Å²) >= 11 is 0. The molecule has 1 aromatic carbocycles. The van der Waals surface area contributed by atoms with E-state index in [1.807, 2.05) is 0 Å². The maximum Gasteiger partial charge on any atom is 0.407 e. The monoisotopic (exact) mass is 251 g/mol. The zero-order valence-corrected chi connectivity index (χ0v) is 9.84. The van der Waals surface area contributed by atoms with Gasteiger partial charge in [-0.05, 0) is 24.3 Å². The molecular formula is C12H13NO5. The molecule has 2 rings (SSSR count). The first-order chi connectivity index (χ1) is 8.69. The third kappa shape index (κ3) is 2.91. The van der Waals surface area contributed by atoms with Gasteiger partial charge >= 0.3 is 12.1 Å². The average Bonchev–Trinajstić information content (AvgIpc) is 2.82. The molecule has 0 spiro atoms. The highest BCUT2D eigenvalue weighted by molar-refractivity contribution is 5.89. The Balaban J connectivity index is 1.86. The van der Waals surface area contributed by atoms with E-state index in [1.54, 1.807) is 24.3 Å². The first-order valence-electron chi connectivity index (χ1n) is 5.44. The number of carbonyl (C=O) groups excluding carboxylic acids is 2. The molecule has 1 heterocycles. The summed E-state index contributed by atoms with van der Waals surface area (Å²) in [6.07, 6.45) is -0.706. The van der Waals surface area contributed by atoms with E-state index in [1.165, 1.54) is 7.11 Å². The lowest BCUT2D eigenvalue weighted by molar-refractivity contribution is 0.0600. The van der Waals surface area contributed by atoms with E-state index >= 15 is 0 Å². The molecule has 6 nitrogen and oxygen atoms in total. The summed E-state index contributed by atoms with van der Waals surface area (Å²) in [6.45, 7) is 0.718. The lowest BCUT2D eigenvalue weighted by Gasteiger charge is -2.10. The fourth-order valence-corrected chi connectivity index (χ4v) is 1.52. The normalized spacial score (nSPS) is 17.8. The molecule has 6 heteroatoms. The van der Waals surface area contributed by atoms with Crippen LogP contribution < -0.4 is 10.1 Å². The fourth-order valence-electron chi connectivity index (χ4n) is 1.52. The van der Waals surface area contributed by atoms with Crippen molar-refractivity contribution in [1.82, 2.24) is 5.32 Å². The van der Waals surface area contributed by atoms with Gasteiger partial charge in [-0.15, -0.1) is 0 Å². The van der Waals surface area contributed by atoms with Crippen molar-refractivity contribution in [3.05, 3.63) is 29.8 Å². The average molecular weight is 251 g/mol. The smallest absolute Gasteiger partial charge is 0.407 e. The zero-order valence-electron chi connectivity index (χ0n) is 9.84. The first-order valence-corrected chi connectivity index (χ1v) is 5.44. The van der Waals surface area contributed by atoms with Crippen molar-refractivity contribution in [2.45, 2.75) is 6.10 Å². The van der Waals surface area contributed by atoms with E-state index in [-0.39, 0.29) is 12.7 Å². The van der Waals surface area contributed by atoms with Gasteiger partial charge in [-0.25, -0.2) is 9.59 Å². The Bertz CT molecular complexity index is 442. The van der Waals surface area contributed by atoms with E-state index in [2.05, 4.69) is 10.1 Å². The molecule has 1 aliphatic rings. The number of methoxy groups -OCH3 is 1. The number of esters is 1. The molecule has 0 saturated carbocycles.